The zero-order valence-corrected chi connectivity index (χ0v) is 12.2. The molecule has 2 N–H and O–H groups in total. The molecule has 0 aliphatic carbocycles. The number of carbonyl (C=O) groups is 2. The summed E-state index contributed by atoms with van der Waals surface area (Å²) in [5.41, 5.74) is 1.17. The van der Waals surface area contributed by atoms with Gasteiger partial charge in [0.1, 0.15) is 0 Å². The molecule has 1 aliphatic rings. The molecule has 2 aromatic carbocycles. The van der Waals surface area contributed by atoms with Crippen LogP contribution in [-0.4, -0.2) is 40.4 Å². The highest BCUT2D eigenvalue weighted by Gasteiger charge is 2.33. The van der Waals surface area contributed by atoms with Gasteiger partial charge in [-0.3, -0.25) is 14.5 Å². The normalized spacial score (nSPS) is 13.9. The maximum atomic E-state index is 12.6. The van der Waals surface area contributed by atoms with E-state index in [1.54, 1.807) is 24.3 Å². The van der Waals surface area contributed by atoms with Crippen molar-refractivity contribution in [1.29, 1.82) is 0 Å². The highest BCUT2D eigenvalue weighted by molar-refractivity contribution is 6.62. The minimum absolute atomic E-state index is 0.295. The molecular formula is C16H16BNO4. The van der Waals surface area contributed by atoms with Crippen molar-refractivity contribution in [2.75, 3.05) is 6.54 Å². The molecule has 1 heterocycles. The van der Waals surface area contributed by atoms with Gasteiger partial charge in [0.05, 0.1) is 0 Å². The van der Waals surface area contributed by atoms with Gasteiger partial charge in [0.25, 0.3) is 11.8 Å². The summed E-state index contributed by atoms with van der Waals surface area (Å²) in [6.45, 7) is 2.40. The third-order valence-corrected chi connectivity index (χ3v) is 4.04. The molecule has 0 aromatic heterocycles. The van der Waals surface area contributed by atoms with Crippen LogP contribution in [0.25, 0.3) is 10.8 Å². The van der Waals surface area contributed by atoms with E-state index < -0.39 is 7.12 Å². The monoisotopic (exact) mass is 297 g/mol. The molecule has 6 heteroatoms. The fourth-order valence-corrected chi connectivity index (χ4v) is 2.91. The smallest absolute Gasteiger partial charge is 0.423 e. The molecule has 0 spiro atoms. The summed E-state index contributed by atoms with van der Waals surface area (Å²) >= 11 is 0. The fraction of sp³-hybridized carbons (Fsp3) is 0.250. The Hall–Kier alpha value is -2.18. The summed E-state index contributed by atoms with van der Waals surface area (Å²) < 4.78 is 0. The van der Waals surface area contributed by atoms with Gasteiger partial charge < -0.3 is 10.0 Å². The number of rotatable bonds is 4. The highest BCUT2D eigenvalue weighted by Crippen LogP contribution is 2.29. The Morgan fingerprint density at radius 1 is 1.05 bits per heavy atom. The number of hydrogen-bond acceptors (Lipinski definition) is 4. The first kappa shape index (κ1) is 14.7. The van der Waals surface area contributed by atoms with Crippen LogP contribution in [0.2, 0.25) is 0 Å². The summed E-state index contributed by atoms with van der Waals surface area (Å²) in [6.07, 6.45) is 1.65. The maximum absolute atomic E-state index is 12.6. The summed E-state index contributed by atoms with van der Waals surface area (Å²) in [7, 11) is -1.65. The topological polar surface area (TPSA) is 77.8 Å². The minimum Gasteiger partial charge on any atom is -0.423 e. The first-order valence-corrected chi connectivity index (χ1v) is 7.34. The van der Waals surface area contributed by atoms with Gasteiger partial charge in [-0.2, -0.15) is 0 Å². The van der Waals surface area contributed by atoms with E-state index in [-0.39, 0.29) is 11.8 Å². The molecule has 2 amide bonds. The van der Waals surface area contributed by atoms with E-state index in [1.807, 2.05) is 6.92 Å². The maximum Gasteiger partial charge on any atom is 0.489 e. The Balaban J connectivity index is 2.23. The second-order valence-corrected chi connectivity index (χ2v) is 5.42. The van der Waals surface area contributed by atoms with Gasteiger partial charge in [0.2, 0.25) is 0 Å². The second-order valence-electron chi connectivity index (χ2n) is 5.42. The van der Waals surface area contributed by atoms with E-state index in [0.29, 0.717) is 33.9 Å². The zero-order valence-electron chi connectivity index (χ0n) is 12.2. The Morgan fingerprint density at radius 3 is 2.36 bits per heavy atom. The van der Waals surface area contributed by atoms with Crippen LogP contribution >= 0.6 is 0 Å². The van der Waals surface area contributed by atoms with Gasteiger partial charge in [-0.15, -0.1) is 0 Å². The minimum atomic E-state index is -1.65. The lowest BCUT2D eigenvalue weighted by atomic mass is 9.75. The lowest BCUT2D eigenvalue weighted by Crippen LogP contribution is -2.42. The molecule has 0 saturated carbocycles. The van der Waals surface area contributed by atoms with E-state index >= 15 is 0 Å². The molecule has 0 saturated heterocycles. The second kappa shape index (κ2) is 5.55. The standard InChI is InChI=1S/C16H16BNO4/c1-2-3-9-18-15(19)11-6-4-5-10-13(17(21)22)8-7-12(14(10)11)16(18)20/h4-8,21-22H,2-3,9H2,1H3. The molecule has 3 rings (SSSR count). The first-order chi connectivity index (χ1) is 10.6. The van der Waals surface area contributed by atoms with Crippen molar-refractivity contribution in [3.63, 3.8) is 0 Å². The van der Waals surface area contributed by atoms with Crippen LogP contribution in [0.5, 0.6) is 0 Å². The van der Waals surface area contributed by atoms with E-state index in [1.165, 1.54) is 11.0 Å². The van der Waals surface area contributed by atoms with Crippen LogP contribution in [0.15, 0.2) is 30.3 Å². The molecule has 0 atom stereocenters. The van der Waals surface area contributed by atoms with E-state index in [4.69, 9.17) is 0 Å². The predicted molar refractivity (Wildman–Crippen MR) is 84.0 cm³/mol. The number of benzene rings is 2. The lowest BCUT2D eigenvalue weighted by molar-refractivity contribution is 0.0608. The molecule has 5 nitrogen and oxygen atoms in total. The van der Waals surface area contributed by atoms with E-state index in [9.17, 15) is 19.6 Å². The number of hydrogen-bond donors (Lipinski definition) is 2. The largest absolute Gasteiger partial charge is 0.489 e. The Kier molecular flexibility index (Phi) is 3.72. The van der Waals surface area contributed by atoms with Crippen molar-refractivity contribution >= 4 is 35.2 Å². The lowest BCUT2D eigenvalue weighted by Gasteiger charge is -2.27. The third kappa shape index (κ3) is 2.12. The van der Waals surface area contributed by atoms with Crippen LogP contribution < -0.4 is 5.46 Å². The zero-order chi connectivity index (χ0) is 15.9. The van der Waals surface area contributed by atoms with Gasteiger partial charge in [-0.25, -0.2) is 0 Å². The van der Waals surface area contributed by atoms with Crippen LogP contribution in [0.1, 0.15) is 40.5 Å². The number of imide groups is 1. The van der Waals surface area contributed by atoms with Gasteiger partial charge in [-0.1, -0.05) is 31.5 Å². The Bertz CT molecular complexity index is 750. The van der Waals surface area contributed by atoms with Gasteiger partial charge in [-0.05, 0) is 29.4 Å². The molecule has 0 unspecified atom stereocenters. The van der Waals surface area contributed by atoms with Gasteiger partial charge >= 0.3 is 7.12 Å². The molecule has 0 radical (unpaired) electrons. The Labute approximate surface area is 128 Å². The van der Waals surface area contributed by atoms with Crippen molar-refractivity contribution in [3.8, 4) is 0 Å². The summed E-state index contributed by atoms with van der Waals surface area (Å²) in [6, 6.07) is 8.15. The SMILES string of the molecule is CCCCN1C(=O)c2cccc3c(B(O)O)ccc(c23)C1=O. The average molecular weight is 297 g/mol. The fourth-order valence-electron chi connectivity index (χ4n) is 2.91. The van der Waals surface area contributed by atoms with Crippen molar-refractivity contribution in [2.24, 2.45) is 0 Å². The van der Waals surface area contributed by atoms with Crippen LogP contribution in [0, 0.1) is 0 Å². The van der Waals surface area contributed by atoms with Gasteiger partial charge in [0, 0.05) is 23.1 Å². The molecule has 2 aromatic rings. The van der Waals surface area contributed by atoms with Crippen LogP contribution in [0.4, 0.5) is 0 Å². The molecular weight excluding hydrogens is 281 g/mol. The molecule has 0 fully saturated rings. The van der Waals surface area contributed by atoms with E-state index in [0.717, 1.165) is 12.8 Å². The third-order valence-electron chi connectivity index (χ3n) is 4.04. The van der Waals surface area contributed by atoms with Gasteiger partial charge in [0.15, 0.2) is 0 Å². The van der Waals surface area contributed by atoms with Crippen LogP contribution in [-0.2, 0) is 0 Å². The van der Waals surface area contributed by atoms with Crippen molar-refractivity contribution < 1.29 is 19.6 Å². The highest BCUT2D eigenvalue weighted by atomic mass is 16.4. The number of nitrogens with zero attached hydrogens (tertiary/aromatic N) is 1. The summed E-state index contributed by atoms with van der Waals surface area (Å²) in [4.78, 5) is 26.4. The molecule has 112 valence electrons. The molecule has 1 aliphatic heterocycles. The van der Waals surface area contributed by atoms with Crippen molar-refractivity contribution in [3.05, 3.63) is 41.5 Å². The first-order valence-electron chi connectivity index (χ1n) is 7.34. The quantitative estimate of drug-likeness (QED) is 0.649. The summed E-state index contributed by atoms with van der Waals surface area (Å²) in [5, 5.41) is 20.0. The predicted octanol–water partition coefficient (Wildman–Crippen LogP) is 0.916. The Morgan fingerprint density at radius 2 is 1.73 bits per heavy atom. The average Bonchev–Trinajstić information content (AvgIpc) is 2.51. The summed E-state index contributed by atoms with van der Waals surface area (Å²) in [5.74, 6) is -0.637. The number of unbranched alkanes of at least 4 members (excludes halogenated alkanes) is 1. The van der Waals surface area contributed by atoms with Crippen molar-refractivity contribution in [1.82, 2.24) is 4.90 Å². The molecule has 0 bridgehead atoms. The number of amides is 2. The number of carbonyl (C=O) groups excluding carboxylic acids is 2. The van der Waals surface area contributed by atoms with Crippen molar-refractivity contribution in [2.45, 2.75) is 19.8 Å². The van der Waals surface area contributed by atoms with Crippen LogP contribution in [0.3, 0.4) is 0 Å². The molecule has 22 heavy (non-hydrogen) atoms. The van der Waals surface area contributed by atoms with E-state index in [2.05, 4.69) is 0 Å².